The van der Waals surface area contributed by atoms with Crippen molar-refractivity contribution in [1.82, 2.24) is 15.4 Å². The standard InChI is InChI=1S/C12H19N3/c1-11-6-5-7-12(14-11)10-13-15-8-3-2-4-9-15/h5-7,13H,2-4,8-10H2,1H3. The van der Waals surface area contributed by atoms with Crippen LogP contribution < -0.4 is 5.43 Å². The first-order valence-electron chi connectivity index (χ1n) is 5.75. The third-order valence-electron chi connectivity index (χ3n) is 2.79. The molecule has 0 unspecified atom stereocenters. The first kappa shape index (κ1) is 10.6. The Morgan fingerprint density at radius 1 is 1.27 bits per heavy atom. The summed E-state index contributed by atoms with van der Waals surface area (Å²) in [6, 6.07) is 6.17. The van der Waals surface area contributed by atoms with E-state index < -0.39 is 0 Å². The van der Waals surface area contributed by atoms with Crippen LogP contribution in [0, 0.1) is 6.92 Å². The summed E-state index contributed by atoms with van der Waals surface area (Å²) in [4.78, 5) is 4.47. The summed E-state index contributed by atoms with van der Waals surface area (Å²) in [7, 11) is 0. The van der Waals surface area contributed by atoms with Gasteiger partial charge in [0.25, 0.3) is 0 Å². The third kappa shape index (κ3) is 3.29. The summed E-state index contributed by atoms with van der Waals surface area (Å²) in [6.07, 6.45) is 4.00. The van der Waals surface area contributed by atoms with Gasteiger partial charge in [-0.05, 0) is 31.9 Å². The molecule has 1 aliphatic rings. The molecule has 1 saturated heterocycles. The molecule has 0 aliphatic carbocycles. The van der Waals surface area contributed by atoms with Gasteiger partial charge in [0, 0.05) is 18.8 Å². The lowest BCUT2D eigenvalue weighted by Crippen LogP contribution is -2.41. The van der Waals surface area contributed by atoms with Crippen molar-refractivity contribution in [3.8, 4) is 0 Å². The number of nitrogens with zero attached hydrogens (tertiary/aromatic N) is 2. The third-order valence-corrected chi connectivity index (χ3v) is 2.79. The second-order valence-corrected chi connectivity index (χ2v) is 4.15. The highest BCUT2D eigenvalue weighted by atomic mass is 15.5. The Labute approximate surface area is 91.5 Å². The lowest BCUT2D eigenvalue weighted by Gasteiger charge is -2.26. The zero-order valence-corrected chi connectivity index (χ0v) is 9.37. The predicted octanol–water partition coefficient (Wildman–Crippen LogP) is 1.88. The first-order chi connectivity index (χ1) is 7.34. The van der Waals surface area contributed by atoms with E-state index in [1.54, 1.807) is 0 Å². The van der Waals surface area contributed by atoms with Crippen molar-refractivity contribution < 1.29 is 0 Å². The monoisotopic (exact) mass is 205 g/mol. The van der Waals surface area contributed by atoms with Gasteiger partial charge in [0.05, 0.1) is 12.2 Å². The minimum Gasteiger partial charge on any atom is -0.257 e. The number of aromatic nitrogens is 1. The lowest BCUT2D eigenvalue weighted by atomic mass is 10.2. The molecule has 1 aromatic rings. The van der Waals surface area contributed by atoms with Gasteiger partial charge >= 0.3 is 0 Å². The molecule has 2 rings (SSSR count). The van der Waals surface area contributed by atoms with E-state index in [1.165, 1.54) is 32.4 Å². The van der Waals surface area contributed by atoms with Gasteiger partial charge in [0.2, 0.25) is 0 Å². The molecular weight excluding hydrogens is 186 g/mol. The summed E-state index contributed by atoms with van der Waals surface area (Å²) in [5, 5.41) is 2.31. The van der Waals surface area contributed by atoms with Crippen molar-refractivity contribution in [2.24, 2.45) is 0 Å². The van der Waals surface area contributed by atoms with Crippen molar-refractivity contribution in [3.05, 3.63) is 29.6 Å². The molecule has 2 heterocycles. The van der Waals surface area contributed by atoms with E-state index in [4.69, 9.17) is 0 Å². The molecule has 1 fully saturated rings. The maximum atomic E-state index is 4.47. The zero-order valence-electron chi connectivity index (χ0n) is 9.37. The minimum atomic E-state index is 0.849. The summed E-state index contributed by atoms with van der Waals surface area (Å²) in [5.74, 6) is 0. The molecule has 0 radical (unpaired) electrons. The zero-order chi connectivity index (χ0) is 10.5. The van der Waals surface area contributed by atoms with Crippen LogP contribution in [0.3, 0.4) is 0 Å². The van der Waals surface area contributed by atoms with E-state index in [0.29, 0.717) is 0 Å². The Morgan fingerprint density at radius 3 is 2.80 bits per heavy atom. The van der Waals surface area contributed by atoms with Crippen molar-refractivity contribution in [1.29, 1.82) is 0 Å². The Balaban J connectivity index is 1.81. The molecule has 0 saturated carbocycles. The molecule has 3 heteroatoms. The number of pyridine rings is 1. The van der Waals surface area contributed by atoms with Gasteiger partial charge in [0.15, 0.2) is 0 Å². The van der Waals surface area contributed by atoms with E-state index in [9.17, 15) is 0 Å². The van der Waals surface area contributed by atoms with Crippen molar-refractivity contribution >= 4 is 0 Å². The Morgan fingerprint density at radius 2 is 2.07 bits per heavy atom. The van der Waals surface area contributed by atoms with Crippen LogP contribution >= 0.6 is 0 Å². The van der Waals surface area contributed by atoms with E-state index in [2.05, 4.69) is 27.6 Å². The largest absolute Gasteiger partial charge is 0.257 e. The van der Waals surface area contributed by atoms with Gasteiger partial charge in [-0.15, -0.1) is 0 Å². The fraction of sp³-hybridized carbons (Fsp3) is 0.583. The number of aryl methyl sites for hydroxylation is 1. The van der Waals surface area contributed by atoms with E-state index in [0.717, 1.165) is 17.9 Å². The molecule has 0 bridgehead atoms. The Kier molecular flexibility index (Phi) is 3.69. The molecule has 15 heavy (non-hydrogen) atoms. The molecule has 82 valence electrons. The van der Waals surface area contributed by atoms with Crippen LogP contribution in [0.1, 0.15) is 30.7 Å². The van der Waals surface area contributed by atoms with Crippen LogP contribution in [0.15, 0.2) is 18.2 Å². The van der Waals surface area contributed by atoms with Crippen molar-refractivity contribution in [3.63, 3.8) is 0 Å². The number of hydrazine groups is 1. The van der Waals surface area contributed by atoms with Gasteiger partial charge in [-0.3, -0.25) is 4.98 Å². The smallest absolute Gasteiger partial charge is 0.0559 e. The highest BCUT2D eigenvalue weighted by Gasteiger charge is 2.08. The second-order valence-electron chi connectivity index (χ2n) is 4.15. The van der Waals surface area contributed by atoms with Crippen LogP contribution in [0.2, 0.25) is 0 Å². The summed E-state index contributed by atoms with van der Waals surface area (Å²) in [6.45, 7) is 5.23. The summed E-state index contributed by atoms with van der Waals surface area (Å²) in [5.41, 5.74) is 5.65. The summed E-state index contributed by atoms with van der Waals surface area (Å²) < 4.78 is 0. The molecule has 0 amide bonds. The van der Waals surface area contributed by atoms with Crippen LogP contribution in [-0.2, 0) is 6.54 Å². The Bertz CT molecular complexity index is 305. The predicted molar refractivity (Wildman–Crippen MR) is 61.2 cm³/mol. The molecule has 1 N–H and O–H groups in total. The highest BCUT2D eigenvalue weighted by molar-refractivity contribution is 5.09. The Hall–Kier alpha value is -0.930. The van der Waals surface area contributed by atoms with Gasteiger partial charge in [-0.1, -0.05) is 12.5 Å². The summed E-state index contributed by atoms with van der Waals surface area (Å²) >= 11 is 0. The van der Waals surface area contributed by atoms with E-state index in [-0.39, 0.29) is 0 Å². The SMILES string of the molecule is Cc1cccc(CNN2CCCCC2)n1. The molecular formula is C12H19N3. The molecule has 3 nitrogen and oxygen atoms in total. The minimum absolute atomic E-state index is 0.849. The highest BCUT2D eigenvalue weighted by Crippen LogP contribution is 2.06. The lowest BCUT2D eigenvalue weighted by molar-refractivity contribution is 0.150. The molecule has 0 spiro atoms. The van der Waals surface area contributed by atoms with Crippen molar-refractivity contribution in [2.75, 3.05) is 13.1 Å². The molecule has 1 aromatic heterocycles. The van der Waals surface area contributed by atoms with Gasteiger partial charge in [-0.25, -0.2) is 10.4 Å². The topological polar surface area (TPSA) is 28.2 Å². The van der Waals surface area contributed by atoms with Gasteiger partial charge in [-0.2, -0.15) is 0 Å². The average molecular weight is 205 g/mol. The normalized spacial score (nSPS) is 17.9. The quantitative estimate of drug-likeness (QED) is 0.816. The molecule has 0 atom stereocenters. The fourth-order valence-electron chi connectivity index (χ4n) is 1.94. The van der Waals surface area contributed by atoms with Crippen LogP contribution in [0.4, 0.5) is 0 Å². The molecule has 1 aliphatic heterocycles. The maximum Gasteiger partial charge on any atom is 0.0559 e. The first-order valence-corrected chi connectivity index (χ1v) is 5.75. The molecule has 0 aromatic carbocycles. The van der Waals surface area contributed by atoms with Crippen LogP contribution in [0.25, 0.3) is 0 Å². The van der Waals surface area contributed by atoms with Gasteiger partial charge in [0.1, 0.15) is 0 Å². The number of nitrogens with one attached hydrogen (secondary N) is 1. The van der Waals surface area contributed by atoms with Gasteiger partial charge < -0.3 is 0 Å². The maximum absolute atomic E-state index is 4.47. The van der Waals surface area contributed by atoms with Crippen molar-refractivity contribution in [2.45, 2.75) is 32.7 Å². The van der Waals surface area contributed by atoms with E-state index >= 15 is 0 Å². The van der Waals surface area contributed by atoms with Crippen LogP contribution in [-0.4, -0.2) is 23.1 Å². The van der Waals surface area contributed by atoms with E-state index in [1.807, 2.05) is 13.0 Å². The fourth-order valence-corrected chi connectivity index (χ4v) is 1.94. The number of piperidine rings is 1. The average Bonchev–Trinajstić information content (AvgIpc) is 2.28. The number of hydrogen-bond donors (Lipinski definition) is 1. The van der Waals surface area contributed by atoms with Crippen LogP contribution in [0.5, 0.6) is 0 Å². The number of rotatable bonds is 3. The number of hydrogen-bond acceptors (Lipinski definition) is 3. The second kappa shape index (κ2) is 5.24.